The quantitative estimate of drug-likeness (QED) is 0.360. The van der Waals surface area contributed by atoms with Gasteiger partial charge >= 0.3 is 0 Å². The van der Waals surface area contributed by atoms with E-state index in [1.807, 2.05) is 0 Å². The highest BCUT2D eigenvalue weighted by Crippen LogP contribution is 2.36. The molecule has 0 bridgehead atoms. The summed E-state index contributed by atoms with van der Waals surface area (Å²) in [4.78, 5) is 3.74. The van der Waals surface area contributed by atoms with E-state index in [9.17, 15) is 20.4 Å². The summed E-state index contributed by atoms with van der Waals surface area (Å²) in [7, 11) is 0. The van der Waals surface area contributed by atoms with Gasteiger partial charge in [-0.2, -0.15) is 4.99 Å². The Balaban J connectivity index is 2.36. The summed E-state index contributed by atoms with van der Waals surface area (Å²) in [6, 6.07) is 5.86. The highest BCUT2D eigenvalue weighted by Gasteiger charge is 2.53. The lowest BCUT2D eigenvalue weighted by molar-refractivity contribution is -0.357. The Morgan fingerprint density at radius 2 is 1.81 bits per heavy atom. The molecule has 0 radical (unpaired) electrons. The lowest BCUT2D eigenvalue weighted by Gasteiger charge is -2.45. The van der Waals surface area contributed by atoms with E-state index in [1.165, 1.54) is 24.3 Å². The van der Waals surface area contributed by atoms with Crippen LogP contribution < -0.4 is 0 Å². The third-order valence-electron chi connectivity index (χ3n) is 3.42. The van der Waals surface area contributed by atoms with Gasteiger partial charge in [-0.3, -0.25) is 0 Å². The fourth-order valence-corrected chi connectivity index (χ4v) is 2.33. The van der Waals surface area contributed by atoms with Crippen LogP contribution in [0.15, 0.2) is 29.3 Å². The molecule has 1 aromatic rings. The highest BCUT2D eigenvalue weighted by atomic mass is 32.1. The van der Waals surface area contributed by atoms with E-state index in [-0.39, 0.29) is 5.56 Å². The fourth-order valence-electron chi connectivity index (χ4n) is 2.22. The first-order valence-corrected chi connectivity index (χ1v) is 6.58. The van der Waals surface area contributed by atoms with E-state index in [2.05, 4.69) is 22.4 Å². The Morgan fingerprint density at radius 3 is 2.33 bits per heavy atom. The molecular weight excluding hydrogens is 298 g/mol. The Bertz CT molecular complexity index is 544. The first kappa shape index (κ1) is 16.2. The number of hydrogen-bond donors (Lipinski definition) is 5. The van der Waals surface area contributed by atoms with Crippen molar-refractivity contribution in [3.05, 3.63) is 29.8 Å². The van der Waals surface area contributed by atoms with Gasteiger partial charge < -0.3 is 30.3 Å². The van der Waals surface area contributed by atoms with Gasteiger partial charge in [-0.1, -0.05) is 12.1 Å². The molecular formula is C13H15NO6S. The number of aliphatic hydroxyl groups is 5. The van der Waals surface area contributed by atoms with Crippen molar-refractivity contribution in [2.45, 2.75) is 30.2 Å². The first-order chi connectivity index (χ1) is 9.93. The van der Waals surface area contributed by atoms with Gasteiger partial charge in [-0.15, -0.1) is 0 Å². The standard InChI is InChI=1S/C13H15NO6S/c15-5-9-10(16)11(17)12(18)13(19,20-9)7-1-3-8(4-2-7)14-6-21/h1-4,9-12,15-19H,5H2/t9-,10+,11+,12-,13-/m1/s1. The van der Waals surface area contributed by atoms with E-state index < -0.39 is 36.8 Å². The number of ether oxygens (including phenoxy) is 1. The Kier molecular flexibility index (Phi) is 4.82. The summed E-state index contributed by atoms with van der Waals surface area (Å²) >= 11 is 4.47. The maximum atomic E-state index is 10.5. The summed E-state index contributed by atoms with van der Waals surface area (Å²) in [6.45, 7) is -0.624. The topological polar surface area (TPSA) is 123 Å². The van der Waals surface area contributed by atoms with Crippen LogP contribution in [-0.4, -0.2) is 61.7 Å². The average molecular weight is 313 g/mol. The van der Waals surface area contributed by atoms with Crippen LogP contribution in [0.4, 0.5) is 5.69 Å². The third kappa shape index (κ3) is 2.89. The second-order valence-corrected chi connectivity index (χ2v) is 4.89. The number of hydrogen-bond acceptors (Lipinski definition) is 8. The summed E-state index contributed by atoms with van der Waals surface area (Å²) < 4.78 is 5.18. The van der Waals surface area contributed by atoms with E-state index in [4.69, 9.17) is 9.84 Å². The number of thiocarbonyl (C=S) groups is 1. The monoisotopic (exact) mass is 313 g/mol. The van der Waals surface area contributed by atoms with E-state index in [0.29, 0.717) is 5.69 Å². The van der Waals surface area contributed by atoms with Crippen LogP contribution in [0.5, 0.6) is 0 Å². The van der Waals surface area contributed by atoms with E-state index >= 15 is 0 Å². The molecule has 1 fully saturated rings. The van der Waals surface area contributed by atoms with Crippen LogP contribution in [0.3, 0.4) is 0 Å². The van der Waals surface area contributed by atoms with Crippen LogP contribution in [0.2, 0.25) is 0 Å². The Hall–Kier alpha value is -1.22. The van der Waals surface area contributed by atoms with Crippen LogP contribution in [0.1, 0.15) is 5.56 Å². The molecule has 2 rings (SSSR count). The number of rotatable bonds is 3. The second-order valence-electron chi connectivity index (χ2n) is 4.71. The molecule has 5 atom stereocenters. The maximum Gasteiger partial charge on any atom is 0.222 e. The molecule has 0 aliphatic carbocycles. The van der Waals surface area contributed by atoms with E-state index in [0.717, 1.165) is 0 Å². The zero-order valence-electron chi connectivity index (χ0n) is 10.8. The average Bonchev–Trinajstić information content (AvgIpc) is 2.50. The number of nitrogens with zero attached hydrogens (tertiary/aromatic N) is 1. The smallest absolute Gasteiger partial charge is 0.222 e. The first-order valence-electron chi connectivity index (χ1n) is 6.17. The van der Waals surface area contributed by atoms with Crippen molar-refractivity contribution >= 4 is 23.1 Å². The summed E-state index contributed by atoms with van der Waals surface area (Å²) in [5, 5.41) is 51.3. The molecule has 0 saturated carbocycles. The van der Waals surface area contributed by atoms with Crippen molar-refractivity contribution in [3.63, 3.8) is 0 Å². The van der Waals surface area contributed by atoms with Gasteiger partial charge in [0.05, 0.1) is 17.5 Å². The van der Waals surface area contributed by atoms with Crippen molar-refractivity contribution < 1.29 is 30.3 Å². The lowest BCUT2D eigenvalue weighted by Crippen LogP contribution is -2.63. The molecule has 1 saturated heterocycles. The van der Waals surface area contributed by atoms with Gasteiger partial charge in [-0.05, 0) is 24.4 Å². The predicted octanol–water partition coefficient (Wildman–Crippen LogP) is -0.960. The lowest BCUT2D eigenvalue weighted by atomic mass is 9.88. The minimum absolute atomic E-state index is 0.141. The zero-order valence-corrected chi connectivity index (χ0v) is 11.6. The molecule has 0 spiro atoms. The molecule has 1 aliphatic heterocycles. The summed E-state index contributed by atoms with van der Waals surface area (Å²) in [6.07, 6.45) is -6.19. The minimum atomic E-state index is -2.26. The number of benzene rings is 1. The van der Waals surface area contributed by atoms with Crippen molar-refractivity contribution in [2.24, 2.45) is 4.99 Å². The number of aliphatic hydroxyl groups excluding tert-OH is 4. The molecule has 114 valence electrons. The maximum absolute atomic E-state index is 10.5. The molecule has 0 amide bonds. The van der Waals surface area contributed by atoms with Gasteiger partial charge in [0.2, 0.25) is 5.79 Å². The second kappa shape index (κ2) is 6.27. The van der Waals surface area contributed by atoms with Crippen LogP contribution in [0.25, 0.3) is 0 Å². The fraction of sp³-hybridized carbons (Fsp3) is 0.462. The third-order valence-corrected chi connectivity index (χ3v) is 3.51. The predicted molar refractivity (Wildman–Crippen MR) is 75.0 cm³/mol. The summed E-state index contributed by atoms with van der Waals surface area (Å²) in [5.74, 6) is -2.26. The highest BCUT2D eigenvalue weighted by molar-refractivity contribution is 7.78. The van der Waals surface area contributed by atoms with Gasteiger partial charge in [0.1, 0.15) is 24.4 Å². The molecule has 1 aliphatic rings. The molecule has 7 nitrogen and oxygen atoms in total. The number of isothiocyanates is 1. The van der Waals surface area contributed by atoms with Gasteiger partial charge in [0.25, 0.3) is 0 Å². The van der Waals surface area contributed by atoms with Gasteiger partial charge in [0.15, 0.2) is 0 Å². The van der Waals surface area contributed by atoms with E-state index in [1.54, 1.807) is 0 Å². The van der Waals surface area contributed by atoms with Gasteiger partial charge in [-0.25, -0.2) is 0 Å². The summed E-state index contributed by atoms with van der Waals surface area (Å²) in [5.41, 5.74) is 0.629. The van der Waals surface area contributed by atoms with Crippen molar-refractivity contribution in [1.29, 1.82) is 0 Å². The molecule has 8 heteroatoms. The molecule has 1 aromatic carbocycles. The Labute approximate surface area is 125 Å². The van der Waals surface area contributed by atoms with Gasteiger partial charge in [0, 0.05) is 5.56 Å². The molecule has 0 aromatic heterocycles. The number of aliphatic imine (C=N–C) groups is 1. The largest absolute Gasteiger partial charge is 0.394 e. The van der Waals surface area contributed by atoms with Crippen LogP contribution in [-0.2, 0) is 10.5 Å². The van der Waals surface area contributed by atoms with Crippen molar-refractivity contribution in [1.82, 2.24) is 0 Å². The van der Waals surface area contributed by atoms with Crippen LogP contribution in [0, 0.1) is 0 Å². The van der Waals surface area contributed by atoms with Crippen molar-refractivity contribution in [3.8, 4) is 0 Å². The normalized spacial score (nSPS) is 36.0. The molecule has 1 heterocycles. The van der Waals surface area contributed by atoms with Crippen molar-refractivity contribution in [2.75, 3.05) is 6.61 Å². The molecule has 21 heavy (non-hydrogen) atoms. The minimum Gasteiger partial charge on any atom is -0.394 e. The Morgan fingerprint density at radius 1 is 1.19 bits per heavy atom. The zero-order chi connectivity index (χ0) is 15.6. The van der Waals surface area contributed by atoms with Crippen LogP contribution >= 0.6 is 12.2 Å². The molecule has 5 N–H and O–H groups in total. The molecule has 0 unspecified atom stereocenters. The SMILES string of the molecule is OC[C@H]1O[C@](O)(c2ccc(N=C=S)cc2)[C@H](O)[C@@H](O)[C@H]1O.